The minimum Gasteiger partial charge on any atom is -0.504 e. The fourth-order valence-electron chi connectivity index (χ4n) is 1.39. The Balaban J connectivity index is 2.27. The number of nitrogens with one attached hydrogen (secondary N) is 1. The fraction of sp³-hybridized carbons (Fsp3) is 0.385. The Labute approximate surface area is 107 Å². The first kappa shape index (κ1) is 13.9. The average molecular weight is 253 g/mol. The monoisotopic (exact) mass is 253 g/mol. The topological polar surface area (TPSA) is 41.5 Å². The molecule has 2 N–H and O–H groups in total. The summed E-state index contributed by atoms with van der Waals surface area (Å²) < 4.78 is 4.99. The molecule has 94 valence electrons. The molecule has 0 bridgehead atoms. The van der Waals surface area contributed by atoms with E-state index < -0.39 is 0 Å². The van der Waals surface area contributed by atoms with Gasteiger partial charge < -0.3 is 15.2 Å². The highest BCUT2D eigenvalue weighted by Gasteiger charge is 2.01. The Morgan fingerprint density at radius 2 is 2.35 bits per heavy atom. The molecule has 4 heteroatoms. The standard InChI is InChI=1S/C13H19NO2S/c1-3-7-17-8-6-14-10-11-4-5-13(16-2)12(15)9-11/h3-5,9,14-15H,1,6-8,10H2,2H3. The summed E-state index contributed by atoms with van der Waals surface area (Å²) in [5.74, 6) is 2.75. The number of hydrogen-bond acceptors (Lipinski definition) is 4. The van der Waals surface area contributed by atoms with Crippen molar-refractivity contribution in [3.05, 3.63) is 36.4 Å². The van der Waals surface area contributed by atoms with Gasteiger partial charge in [0.25, 0.3) is 0 Å². The molecule has 0 aliphatic rings. The Morgan fingerprint density at radius 1 is 1.53 bits per heavy atom. The van der Waals surface area contributed by atoms with Crippen LogP contribution in [-0.2, 0) is 6.54 Å². The van der Waals surface area contributed by atoms with Gasteiger partial charge in [0.2, 0.25) is 0 Å². The van der Waals surface area contributed by atoms with Crippen LogP contribution in [0.25, 0.3) is 0 Å². The molecule has 0 spiro atoms. The van der Waals surface area contributed by atoms with Crippen LogP contribution in [0.2, 0.25) is 0 Å². The number of ether oxygens (including phenoxy) is 1. The molecule has 0 aromatic heterocycles. The van der Waals surface area contributed by atoms with Crippen molar-refractivity contribution in [1.29, 1.82) is 0 Å². The summed E-state index contributed by atoms with van der Waals surface area (Å²) in [5.41, 5.74) is 1.05. The van der Waals surface area contributed by atoms with Crippen LogP contribution in [0.3, 0.4) is 0 Å². The van der Waals surface area contributed by atoms with Crippen molar-refractivity contribution in [3.63, 3.8) is 0 Å². The molecule has 0 aliphatic carbocycles. The second kappa shape index (κ2) is 8.03. The van der Waals surface area contributed by atoms with Crippen molar-refractivity contribution in [1.82, 2.24) is 5.32 Å². The lowest BCUT2D eigenvalue weighted by molar-refractivity contribution is 0.373. The van der Waals surface area contributed by atoms with E-state index in [1.165, 1.54) is 0 Å². The molecule has 0 unspecified atom stereocenters. The molecular weight excluding hydrogens is 234 g/mol. The maximum Gasteiger partial charge on any atom is 0.160 e. The molecule has 0 atom stereocenters. The van der Waals surface area contributed by atoms with E-state index in [2.05, 4.69) is 11.9 Å². The molecule has 3 nitrogen and oxygen atoms in total. The predicted octanol–water partition coefficient (Wildman–Crippen LogP) is 2.41. The van der Waals surface area contributed by atoms with Crippen LogP contribution in [0.4, 0.5) is 0 Å². The number of benzene rings is 1. The lowest BCUT2D eigenvalue weighted by Gasteiger charge is -2.07. The van der Waals surface area contributed by atoms with Crippen molar-refractivity contribution >= 4 is 11.8 Å². The van der Waals surface area contributed by atoms with Gasteiger partial charge in [-0.05, 0) is 17.7 Å². The Bertz CT molecular complexity index is 355. The molecule has 1 rings (SSSR count). The largest absolute Gasteiger partial charge is 0.504 e. The molecule has 1 aromatic rings. The molecule has 0 amide bonds. The first-order chi connectivity index (χ1) is 8.27. The van der Waals surface area contributed by atoms with Gasteiger partial charge in [0.05, 0.1) is 7.11 Å². The first-order valence-corrected chi connectivity index (χ1v) is 6.68. The molecule has 0 radical (unpaired) electrons. The van der Waals surface area contributed by atoms with Crippen LogP contribution < -0.4 is 10.1 Å². The van der Waals surface area contributed by atoms with Gasteiger partial charge in [0.1, 0.15) is 0 Å². The number of thioether (sulfide) groups is 1. The zero-order valence-corrected chi connectivity index (χ0v) is 10.9. The minimum atomic E-state index is 0.188. The third-order valence-electron chi connectivity index (χ3n) is 2.23. The second-order valence-corrected chi connectivity index (χ2v) is 4.70. The molecule has 17 heavy (non-hydrogen) atoms. The summed E-state index contributed by atoms with van der Waals surface area (Å²) in [7, 11) is 1.55. The highest BCUT2D eigenvalue weighted by atomic mass is 32.2. The maximum absolute atomic E-state index is 9.60. The fourth-order valence-corrected chi connectivity index (χ4v) is 2.01. The molecular formula is C13H19NO2S. The Hall–Kier alpha value is -1.13. The van der Waals surface area contributed by atoms with Gasteiger partial charge in [0.15, 0.2) is 11.5 Å². The van der Waals surface area contributed by atoms with Gasteiger partial charge in [-0.15, -0.1) is 6.58 Å². The second-order valence-electron chi connectivity index (χ2n) is 3.55. The lowest BCUT2D eigenvalue weighted by Crippen LogP contribution is -2.16. The number of hydrogen-bond donors (Lipinski definition) is 2. The molecule has 0 saturated heterocycles. The highest BCUT2D eigenvalue weighted by molar-refractivity contribution is 7.99. The van der Waals surface area contributed by atoms with Gasteiger partial charge in [-0.1, -0.05) is 12.1 Å². The summed E-state index contributed by atoms with van der Waals surface area (Å²) in [4.78, 5) is 0. The van der Waals surface area contributed by atoms with Gasteiger partial charge >= 0.3 is 0 Å². The highest BCUT2D eigenvalue weighted by Crippen LogP contribution is 2.25. The van der Waals surface area contributed by atoms with Crippen LogP contribution in [0.5, 0.6) is 11.5 Å². The summed E-state index contributed by atoms with van der Waals surface area (Å²) in [6.07, 6.45) is 1.91. The molecule has 0 fully saturated rings. The summed E-state index contributed by atoms with van der Waals surface area (Å²) in [5, 5.41) is 12.9. The van der Waals surface area contributed by atoms with Crippen molar-refractivity contribution < 1.29 is 9.84 Å². The number of phenolic OH excluding ortho intramolecular Hbond substituents is 1. The Morgan fingerprint density at radius 3 is 3.00 bits per heavy atom. The van der Waals surface area contributed by atoms with Gasteiger partial charge in [0, 0.05) is 24.6 Å². The SMILES string of the molecule is C=CCSCCNCc1ccc(OC)c(O)c1. The van der Waals surface area contributed by atoms with Crippen LogP contribution in [0.15, 0.2) is 30.9 Å². The van der Waals surface area contributed by atoms with E-state index >= 15 is 0 Å². The average Bonchev–Trinajstić information content (AvgIpc) is 2.34. The van der Waals surface area contributed by atoms with Crippen molar-refractivity contribution in [2.75, 3.05) is 25.2 Å². The van der Waals surface area contributed by atoms with Crippen molar-refractivity contribution in [2.24, 2.45) is 0 Å². The number of rotatable bonds is 8. The zero-order chi connectivity index (χ0) is 12.5. The first-order valence-electron chi connectivity index (χ1n) is 5.53. The lowest BCUT2D eigenvalue weighted by atomic mass is 10.2. The van der Waals surface area contributed by atoms with E-state index in [0.717, 1.165) is 30.2 Å². The third-order valence-corrected chi connectivity index (χ3v) is 3.20. The van der Waals surface area contributed by atoms with Gasteiger partial charge in [-0.25, -0.2) is 0 Å². The Kier molecular flexibility index (Phi) is 6.58. The van der Waals surface area contributed by atoms with Crippen molar-refractivity contribution in [3.8, 4) is 11.5 Å². The van der Waals surface area contributed by atoms with E-state index in [0.29, 0.717) is 5.75 Å². The zero-order valence-electron chi connectivity index (χ0n) is 10.1. The molecule has 0 saturated carbocycles. The molecule has 0 heterocycles. The molecule has 1 aromatic carbocycles. The number of aromatic hydroxyl groups is 1. The van der Waals surface area contributed by atoms with E-state index in [1.54, 1.807) is 19.2 Å². The summed E-state index contributed by atoms with van der Waals surface area (Å²) in [6, 6.07) is 5.45. The van der Waals surface area contributed by atoms with E-state index in [-0.39, 0.29) is 5.75 Å². The molecule has 0 aliphatic heterocycles. The van der Waals surface area contributed by atoms with E-state index in [9.17, 15) is 5.11 Å². The smallest absolute Gasteiger partial charge is 0.160 e. The minimum absolute atomic E-state index is 0.188. The quantitative estimate of drug-likeness (QED) is 0.551. The number of phenols is 1. The normalized spacial score (nSPS) is 10.2. The van der Waals surface area contributed by atoms with Gasteiger partial charge in [-0.2, -0.15) is 11.8 Å². The summed E-state index contributed by atoms with van der Waals surface area (Å²) in [6.45, 7) is 5.38. The third kappa shape index (κ3) is 5.15. The van der Waals surface area contributed by atoms with Crippen LogP contribution in [-0.4, -0.2) is 30.3 Å². The van der Waals surface area contributed by atoms with Crippen LogP contribution in [0.1, 0.15) is 5.56 Å². The summed E-state index contributed by atoms with van der Waals surface area (Å²) >= 11 is 1.85. The van der Waals surface area contributed by atoms with Crippen molar-refractivity contribution in [2.45, 2.75) is 6.54 Å². The predicted molar refractivity (Wildman–Crippen MR) is 73.9 cm³/mol. The van der Waals surface area contributed by atoms with Gasteiger partial charge in [-0.3, -0.25) is 0 Å². The van der Waals surface area contributed by atoms with Crippen LogP contribution in [0, 0.1) is 0 Å². The van der Waals surface area contributed by atoms with Crippen LogP contribution >= 0.6 is 11.8 Å². The maximum atomic E-state index is 9.60. The van der Waals surface area contributed by atoms with E-state index in [4.69, 9.17) is 4.74 Å². The van der Waals surface area contributed by atoms with E-state index in [1.807, 2.05) is 23.9 Å². The number of methoxy groups -OCH3 is 1.